The lowest BCUT2D eigenvalue weighted by Gasteiger charge is -2.25. The fraction of sp³-hybridized carbons (Fsp3) is 0.300. The van der Waals surface area contributed by atoms with E-state index >= 15 is 0 Å². The van der Waals surface area contributed by atoms with Crippen molar-refractivity contribution in [3.8, 4) is 5.75 Å². The van der Waals surface area contributed by atoms with Crippen LogP contribution in [0.25, 0.3) is 0 Å². The topological polar surface area (TPSA) is 82.7 Å². The molecule has 0 aliphatic carbocycles. The molecule has 2 rings (SSSR count). The molecule has 27 heavy (non-hydrogen) atoms. The summed E-state index contributed by atoms with van der Waals surface area (Å²) in [7, 11) is 7.13. The Labute approximate surface area is 159 Å². The second-order valence-electron chi connectivity index (χ2n) is 6.24. The Morgan fingerprint density at radius 3 is 2.19 bits per heavy atom. The number of rotatable bonds is 7. The first-order valence-corrected chi connectivity index (χ1v) is 8.62. The van der Waals surface area contributed by atoms with E-state index in [0.717, 1.165) is 11.3 Å². The number of nitrogens with one attached hydrogen (secondary N) is 3. The van der Waals surface area contributed by atoms with Crippen LogP contribution in [0.1, 0.15) is 22.0 Å². The summed E-state index contributed by atoms with van der Waals surface area (Å²) in [5, 5.41) is 8.21. The van der Waals surface area contributed by atoms with Crippen molar-refractivity contribution >= 4 is 17.6 Å². The molecular formula is C20H26N4O3. The highest BCUT2D eigenvalue weighted by Gasteiger charge is 2.15. The van der Waals surface area contributed by atoms with Crippen LogP contribution in [0.15, 0.2) is 48.5 Å². The average Bonchev–Trinajstić information content (AvgIpc) is 2.68. The van der Waals surface area contributed by atoms with Crippen LogP contribution in [0.2, 0.25) is 0 Å². The third kappa shape index (κ3) is 5.72. The molecule has 2 aromatic carbocycles. The zero-order chi connectivity index (χ0) is 19.8. The van der Waals surface area contributed by atoms with E-state index in [2.05, 4.69) is 16.0 Å². The SMILES string of the molecule is CNC(=O)c1ccc(NC(=O)NCC(c2ccc(OC)cc2)N(C)C)cc1. The Bertz CT molecular complexity index is 758. The van der Waals surface area contributed by atoms with Crippen LogP contribution in [0.4, 0.5) is 10.5 Å². The van der Waals surface area contributed by atoms with Gasteiger partial charge in [-0.15, -0.1) is 0 Å². The standard InChI is InChI=1S/C20H26N4O3/c1-21-19(25)15-5-9-16(10-6-15)23-20(26)22-13-18(24(2)3)14-7-11-17(27-4)12-8-14/h5-12,18H,13H2,1-4H3,(H,21,25)(H2,22,23,26). The number of hydrogen-bond acceptors (Lipinski definition) is 4. The van der Waals surface area contributed by atoms with Crippen molar-refractivity contribution in [1.82, 2.24) is 15.5 Å². The molecule has 0 bridgehead atoms. The predicted octanol–water partition coefficient (Wildman–Crippen LogP) is 2.48. The molecule has 0 fully saturated rings. The Morgan fingerprint density at radius 1 is 1.04 bits per heavy atom. The predicted molar refractivity (Wildman–Crippen MR) is 106 cm³/mol. The van der Waals surface area contributed by atoms with Gasteiger partial charge in [-0.1, -0.05) is 12.1 Å². The highest BCUT2D eigenvalue weighted by atomic mass is 16.5. The lowest BCUT2D eigenvalue weighted by molar-refractivity contribution is 0.0963. The minimum absolute atomic E-state index is 0.0253. The number of benzene rings is 2. The van der Waals surface area contributed by atoms with Gasteiger partial charge in [0.1, 0.15) is 5.75 Å². The summed E-state index contributed by atoms with van der Waals surface area (Å²) in [4.78, 5) is 25.8. The first-order chi connectivity index (χ1) is 12.9. The largest absolute Gasteiger partial charge is 0.497 e. The number of urea groups is 1. The van der Waals surface area contributed by atoms with Crippen LogP contribution in [0.3, 0.4) is 0 Å². The van der Waals surface area contributed by atoms with Crippen molar-refractivity contribution in [1.29, 1.82) is 0 Å². The molecule has 3 amide bonds. The molecule has 0 heterocycles. The second-order valence-corrected chi connectivity index (χ2v) is 6.24. The van der Waals surface area contributed by atoms with E-state index < -0.39 is 0 Å². The van der Waals surface area contributed by atoms with Crippen LogP contribution >= 0.6 is 0 Å². The summed E-state index contributed by atoms with van der Waals surface area (Å²) < 4.78 is 5.19. The Morgan fingerprint density at radius 2 is 1.67 bits per heavy atom. The van der Waals surface area contributed by atoms with E-state index in [0.29, 0.717) is 17.8 Å². The van der Waals surface area contributed by atoms with Crippen LogP contribution in [0.5, 0.6) is 5.75 Å². The Hall–Kier alpha value is -3.06. The first kappa shape index (κ1) is 20.3. The van der Waals surface area contributed by atoms with Crippen LogP contribution < -0.4 is 20.7 Å². The molecule has 0 saturated heterocycles. The minimum atomic E-state index is -0.303. The van der Waals surface area contributed by atoms with Crippen molar-refractivity contribution in [2.24, 2.45) is 0 Å². The van der Waals surface area contributed by atoms with Crippen molar-refractivity contribution in [3.63, 3.8) is 0 Å². The van der Waals surface area contributed by atoms with Gasteiger partial charge in [0, 0.05) is 24.8 Å². The fourth-order valence-corrected chi connectivity index (χ4v) is 2.64. The van der Waals surface area contributed by atoms with Crippen molar-refractivity contribution < 1.29 is 14.3 Å². The molecule has 1 atom stereocenters. The third-order valence-corrected chi connectivity index (χ3v) is 4.21. The molecule has 3 N–H and O–H groups in total. The van der Waals surface area contributed by atoms with E-state index in [9.17, 15) is 9.59 Å². The van der Waals surface area contributed by atoms with Gasteiger partial charge >= 0.3 is 6.03 Å². The monoisotopic (exact) mass is 370 g/mol. The number of carbonyl (C=O) groups excluding carboxylic acids is 2. The van der Waals surface area contributed by atoms with Gasteiger partial charge in [-0.2, -0.15) is 0 Å². The lowest BCUT2D eigenvalue weighted by Crippen LogP contribution is -2.36. The van der Waals surface area contributed by atoms with Gasteiger partial charge in [0.25, 0.3) is 5.91 Å². The van der Waals surface area contributed by atoms with Gasteiger partial charge in [-0.3, -0.25) is 4.79 Å². The zero-order valence-electron chi connectivity index (χ0n) is 16.1. The number of likely N-dealkylation sites (N-methyl/N-ethyl adjacent to an activating group) is 1. The molecule has 0 saturated carbocycles. The number of hydrogen-bond donors (Lipinski definition) is 3. The highest BCUT2D eigenvalue weighted by Crippen LogP contribution is 2.20. The van der Waals surface area contributed by atoms with Crippen LogP contribution in [-0.2, 0) is 0 Å². The average molecular weight is 370 g/mol. The van der Waals surface area contributed by atoms with Gasteiger partial charge in [-0.05, 0) is 56.1 Å². The summed E-state index contributed by atoms with van der Waals surface area (Å²) in [5.74, 6) is 0.626. The summed E-state index contributed by atoms with van der Waals surface area (Å²) in [5.41, 5.74) is 2.23. The maximum atomic E-state index is 12.2. The number of amides is 3. The van der Waals surface area contributed by atoms with Crippen LogP contribution in [-0.4, -0.2) is 51.6 Å². The molecule has 0 aliphatic heterocycles. The van der Waals surface area contributed by atoms with Gasteiger partial charge in [0.2, 0.25) is 0 Å². The van der Waals surface area contributed by atoms with E-state index in [-0.39, 0.29) is 18.0 Å². The normalized spacial score (nSPS) is 11.6. The molecule has 0 radical (unpaired) electrons. The molecule has 0 aromatic heterocycles. The first-order valence-electron chi connectivity index (χ1n) is 8.62. The lowest BCUT2D eigenvalue weighted by atomic mass is 10.1. The fourth-order valence-electron chi connectivity index (χ4n) is 2.64. The van der Waals surface area contributed by atoms with E-state index in [1.807, 2.05) is 43.3 Å². The molecule has 7 heteroatoms. The van der Waals surface area contributed by atoms with Crippen molar-refractivity contribution in [3.05, 3.63) is 59.7 Å². The number of carbonyl (C=O) groups is 2. The maximum absolute atomic E-state index is 12.2. The number of nitrogens with zero attached hydrogens (tertiary/aromatic N) is 1. The molecule has 0 aliphatic rings. The van der Waals surface area contributed by atoms with E-state index in [1.54, 1.807) is 38.4 Å². The number of anilines is 1. The third-order valence-electron chi connectivity index (χ3n) is 4.21. The Balaban J connectivity index is 1.94. The minimum Gasteiger partial charge on any atom is -0.497 e. The molecule has 144 valence electrons. The van der Waals surface area contributed by atoms with E-state index in [4.69, 9.17) is 4.74 Å². The van der Waals surface area contributed by atoms with Gasteiger partial charge in [-0.25, -0.2) is 4.79 Å². The molecule has 7 nitrogen and oxygen atoms in total. The van der Waals surface area contributed by atoms with E-state index in [1.165, 1.54) is 0 Å². The van der Waals surface area contributed by atoms with Gasteiger partial charge in [0.15, 0.2) is 0 Å². The quantitative estimate of drug-likeness (QED) is 0.699. The summed E-state index contributed by atoms with van der Waals surface area (Å²) in [6.07, 6.45) is 0. The molecular weight excluding hydrogens is 344 g/mol. The summed E-state index contributed by atoms with van der Waals surface area (Å²) in [6, 6.07) is 14.2. The maximum Gasteiger partial charge on any atom is 0.319 e. The Kier molecular flexibility index (Phi) is 7.19. The zero-order valence-corrected chi connectivity index (χ0v) is 16.1. The smallest absolute Gasteiger partial charge is 0.319 e. The van der Waals surface area contributed by atoms with Crippen molar-refractivity contribution in [2.45, 2.75) is 6.04 Å². The summed E-state index contributed by atoms with van der Waals surface area (Å²) in [6.45, 7) is 0.446. The molecule has 2 aromatic rings. The number of ether oxygens (including phenoxy) is 1. The van der Waals surface area contributed by atoms with Gasteiger partial charge in [0.05, 0.1) is 13.2 Å². The van der Waals surface area contributed by atoms with Crippen LogP contribution in [0, 0.1) is 0 Å². The van der Waals surface area contributed by atoms with Gasteiger partial charge < -0.3 is 25.6 Å². The van der Waals surface area contributed by atoms with Crippen molar-refractivity contribution in [2.75, 3.05) is 40.1 Å². The highest BCUT2D eigenvalue weighted by molar-refractivity contribution is 5.95. The molecule has 1 unspecified atom stereocenters. The number of methoxy groups -OCH3 is 1. The molecule has 0 spiro atoms. The summed E-state index contributed by atoms with van der Waals surface area (Å²) >= 11 is 0. The second kappa shape index (κ2) is 9.59.